The van der Waals surface area contributed by atoms with Crippen LogP contribution in [0, 0.1) is 5.92 Å². The minimum Gasteiger partial charge on any atom is -0.466 e. The fourth-order valence-electron chi connectivity index (χ4n) is 4.36. The van der Waals surface area contributed by atoms with E-state index in [0.717, 1.165) is 22.5 Å². The number of amides is 2. The lowest BCUT2D eigenvalue weighted by molar-refractivity contribution is -0.142. The van der Waals surface area contributed by atoms with Crippen LogP contribution in [0.25, 0.3) is 5.69 Å². The Kier molecular flexibility index (Phi) is 6.30. The number of para-hydroxylation sites is 1. The van der Waals surface area contributed by atoms with Gasteiger partial charge in [0.05, 0.1) is 31.3 Å². The van der Waals surface area contributed by atoms with Crippen molar-refractivity contribution in [1.82, 2.24) is 9.47 Å². The largest absolute Gasteiger partial charge is 0.466 e. The Bertz CT molecular complexity index is 1100. The number of rotatable bonds is 5. The maximum atomic E-state index is 13.5. The number of benzene rings is 2. The van der Waals surface area contributed by atoms with Crippen LogP contribution in [0.15, 0.2) is 66.9 Å². The summed E-state index contributed by atoms with van der Waals surface area (Å²) in [7, 11) is 0. The molecule has 0 spiro atoms. The van der Waals surface area contributed by atoms with Crippen molar-refractivity contribution in [2.75, 3.05) is 11.9 Å². The van der Waals surface area contributed by atoms with Crippen LogP contribution in [-0.2, 0) is 22.5 Å². The summed E-state index contributed by atoms with van der Waals surface area (Å²) in [5, 5.41) is 3.05. The number of hydrogen-bond acceptors (Lipinski definition) is 3. The second-order valence-corrected chi connectivity index (χ2v) is 8.36. The molecule has 0 saturated carbocycles. The molecule has 2 aromatic carbocycles. The van der Waals surface area contributed by atoms with E-state index in [0.29, 0.717) is 18.8 Å². The van der Waals surface area contributed by atoms with Gasteiger partial charge in [-0.15, -0.1) is 0 Å². The first kappa shape index (κ1) is 21.7. The standard InChI is InChI=1S/C26H29N3O3/c1-4-32-24(30)16-19-11-13-21(14-12-19)27-26(31)29-17-20-8-5-6-9-22(20)28-15-7-10-23(28)25(29)18(2)3/h5-15,18,25H,4,16-17H2,1-3H3,(H,27,31)/t25-/m1/s1. The Labute approximate surface area is 188 Å². The third-order valence-electron chi connectivity index (χ3n) is 5.76. The molecule has 0 aliphatic carbocycles. The molecule has 1 aliphatic rings. The van der Waals surface area contributed by atoms with Gasteiger partial charge in [0.25, 0.3) is 0 Å². The van der Waals surface area contributed by atoms with Gasteiger partial charge < -0.3 is 19.5 Å². The molecule has 2 amide bonds. The zero-order valence-corrected chi connectivity index (χ0v) is 18.7. The van der Waals surface area contributed by atoms with Crippen molar-refractivity contribution >= 4 is 17.7 Å². The van der Waals surface area contributed by atoms with Crippen LogP contribution in [-0.4, -0.2) is 28.1 Å². The summed E-state index contributed by atoms with van der Waals surface area (Å²) in [6.45, 7) is 6.96. The molecule has 3 aromatic rings. The van der Waals surface area contributed by atoms with E-state index in [1.807, 2.05) is 47.4 Å². The predicted octanol–water partition coefficient (Wildman–Crippen LogP) is 5.33. The highest BCUT2D eigenvalue weighted by Gasteiger charge is 2.33. The molecule has 4 rings (SSSR count). The summed E-state index contributed by atoms with van der Waals surface area (Å²) in [5.41, 5.74) is 4.86. The SMILES string of the molecule is CCOC(=O)Cc1ccc(NC(=O)N2Cc3ccccc3-n3cccc3[C@H]2C(C)C)cc1. The van der Waals surface area contributed by atoms with E-state index in [2.05, 4.69) is 48.1 Å². The highest BCUT2D eigenvalue weighted by atomic mass is 16.5. The Morgan fingerprint density at radius 2 is 1.81 bits per heavy atom. The summed E-state index contributed by atoms with van der Waals surface area (Å²) < 4.78 is 7.19. The van der Waals surface area contributed by atoms with Crippen molar-refractivity contribution < 1.29 is 14.3 Å². The summed E-state index contributed by atoms with van der Waals surface area (Å²) in [6, 6.07) is 19.5. The number of ether oxygens (including phenoxy) is 1. The molecular weight excluding hydrogens is 402 g/mol. The molecule has 0 saturated heterocycles. The van der Waals surface area contributed by atoms with Gasteiger partial charge in [-0.1, -0.05) is 44.2 Å². The molecule has 1 aromatic heterocycles. The van der Waals surface area contributed by atoms with E-state index in [1.54, 1.807) is 6.92 Å². The predicted molar refractivity (Wildman–Crippen MR) is 125 cm³/mol. The van der Waals surface area contributed by atoms with Crippen molar-refractivity contribution in [3.05, 3.63) is 83.7 Å². The Morgan fingerprint density at radius 3 is 2.53 bits per heavy atom. The van der Waals surface area contributed by atoms with Gasteiger partial charge in [0.1, 0.15) is 0 Å². The zero-order chi connectivity index (χ0) is 22.7. The van der Waals surface area contributed by atoms with Crippen molar-refractivity contribution in [2.24, 2.45) is 5.92 Å². The van der Waals surface area contributed by atoms with Crippen molar-refractivity contribution in [3.63, 3.8) is 0 Å². The maximum Gasteiger partial charge on any atom is 0.322 e. The lowest BCUT2D eigenvalue weighted by Crippen LogP contribution is -2.39. The summed E-state index contributed by atoms with van der Waals surface area (Å²) in [6.07, 6.45) is 2.28. The van der Waals surface area contributed by atoms with Crippen LogP contribution in [0.1, 0.15) is 43.6 Å². The van der Waals surface area contributed by atoms with Crippen LogP contribution in [0.5, 0.6) is 0 Å². The molecule has 166 valence electrons. The van der Waals surface area contributed by atoms with E-state index < -0.39 is 0 Å². The average Bonchev–Trinajstić information content (AvgIpc) is 3.18. The van der Waals surface area contributed by atoms with Crippen LogP contribution < -0.4 is 5.32 Å². The average molecular weight is 432 g/mol. The van der Waals surface area contributed by atoms with E-state index in [9.17, 15) is 9.59 Å². The zero-order valence-electron chi connectivity index (χ0n) is 18.7. The highest BCUT2D eigenvalue weighted by Crippen LogP contribution is 2.36. The number of carbonyl (C=O) groups is 2. The number of nitrogens with zero attached hydrogens (tertiary/aromatic N) is 2. The lowest BCUT2D eigenvalue weighted by Gasteiger charge is -2.33. The number of esters is 1. The highest BCUT2D eigenvalue weighted by molar-refractivity contribution is 5.90. The van der Waals surface area contributed by atoms with Gasteiger partial charge in [-0.2, -0.15) is 0 Å². The van der Waals surface area contributed by atoms with E-state index in [1.165, 1.54) is 0 Å². The van der Waals surface area contributed by atoms with Gasteiger partial charge in [0, 0.05) is 17.6 Å². The first-order valence-electron chi connectivity index (χ1n) is 11.1. The minimum atomic E-state index is -0.254. The topological polar surface area (TPSA) is 63.6 Å². The van der Waals surface area contributed by atoms with Gasteiger partial charge >= 0.3 is 12.0 Å². The Balaban J connectivity index is 1.58. The van der Waals surface area contributed by atoms with Gasteiger partial charge in [-0.05, 0) is 54.3 Å². The van der Waals surface area contributed by atoms with Crippen LogP contribution in [0.3, 0.4) is 0 Å². The normalized spacial score (nSPS) is 15.0. The molecule has 32 heavy (non-hydrogen) atoms. The van der Waals surface area contributed by atoms with Crippen LogP contribution in [0.2, 0.25) is 0 Å². The number of carbonyl (C=O) groups excluding carboxylic acids is 2. The maximum absolute atomic E-state index is 13.5. The second kappa shape index (κ2) is 9.30. The van der Waals surface area contributed by atoms with Crippen molar-refractivity contribution in [1.29, 1.82) is 0 Å². The monoisotopic (exact) mass is 431 g/mol. The molecular formula is C26H29N3O3. The first-order valence-corrected chi connectivity index (χ1v) is 11.1. The van der Waals surface area contributed by atoms with E-state index in [4.69, 9.17) is 4.74 Å². The Morgan fingerprint density at radius 1 is 1.06 bits per heavy atom. The number of fused-ring (bicyclic) bond motifs is 3. The number of aromatic nitrogens is 1. The van der Waals surface area contributed by atoms with Gasteiger partial charge in [-0.25, -0.2) is 4.79 Å². The van der Waals surface area contributed by atoms with Crippen molar-refractivity contribution in [3.8, 4) is 5.69 Å². The van der Waals surface area contributed by atoms with Gasteiger partial charge in [0.2, 0.25) is 0 Å². The molecule has 0 radical (unpaired) electrons. The second-order valence-electron chi connectivity index (χ2n) is 8.36. The summed E-state index contributed by atoms with van der Waals surface area (Å²) in [5.74, 6) is -0.0223. The fraction of sp³-hybridized carbons (Fsp3) is 0.308. The number of nitrogens with one attached hydrogen (secondary N) is 1. The molecule has 1 N–H and O–H groups in total. The van der Waals surface area contributed by atoms with Crippen LogP contribution in [0.4, 0.5) is 10.5 Å². The van der Waals surface area contributed by atoms with Gasteiger partial charge in [-0.3, -0.25) is 4.79 Å². The molecule has 1 atom stereocenters. The summed E-state index contributed by atoms with van der Waals surface area (Å²) >= 11 is 0. The molecule has 0 fully saturated rings. The molecule has 2 heterocycles. The third-order valence-corrected chi connectivity index (χ3v) is 5.76. The van der Waals surface area contributed by atoms with Gasteiger partial charge in [0.15, 0.2) is 0 Å². The summed E-state index contributed by atoms with van der Waals surface area (Å²) in [4.78, 5) is 27.1. The van der Waals surface area contributed by atoms with E-state index in [-0.39, 0.29) is 30.4 Å². The number of urea groups is 1. The minimum absolute atomic E-state index is 0.0690. The smallest absolute Gasteiger partial charge is 0.322 e. The Hall–Kier alpha value is -3.54. The number of hydrogen-bond donors (Lipinski definition) is 1. The molecule has 0 unspecified atom stereocenters. The molecule has 6 heteroatoms. The van der Waals surface area contributed by atoms with Crippen molar-refractivity contribution in [2.45, 2.75) is 39.8 Å². The van der Waals surface area contributed by atoms with Crippen LogP contribution >= 0.6 is 0 Å². The lowest BCUT2D eigenvalue weighted by atomic mass is 9.99. The molecule has 1 aliphatic heterocycles. The molecule has 0 bridgehead atoms. The first-order chi connectivity index (χ1) is 15.5. The third kappa shape index (κ3) is 4.40. The quantitative estimate of drug-likeness (QED) is 0.556. The van der Waals surface area contributed by atoms with E-state index >= 15 is 0 Å². The molecule has 6 nitrogen and oxygen atoms in total. The fourth-order valence-corrected chi connectivity index (χ4v) is 4.36. The number of anilines is 1.